The Kier molecular flexibility index (Phi) is 2.47. The van der Waals surface area contributed by atoms with Crippen molar-refractivity contribution in [1.82, 2.24) is 5.32 Å². The molecule has 0 saturated carbocycles. The number of ether oxygens (including phenoxy) is 2. The molecule has 3 aliphatic rings. The maximum atomic E-state index is 12.3. The van der Waals surface area contributed by atoms with Crippen molar-refractivity contribution in [2.75, 3.05) is 19.7 Å². The van der Waals surface area contributed by atoms with Gasteiger partial charge >= 0.3 is 5.97 Å². The molecule has 96 valence electrons. The summed E-state index contributed by atoms with van der Waals surface area (Å²) in [5.41, 5.74) is -1.82. The molecule has 0 radical (unpaired) electrons. The summed E-state index contributed by atoms with van der Waals surface area (Å²) in [5.74, 6) is -0.281. The number of esters is 1. The predicted molar refractivity (Wildman–Crippen MR) is 59.4 cm³/mol. The van der Waals surface area contributed by atoms with E-state index < -0.39 is 11.0 Å². The van der Waals surface area contributed by atoms with E-state index in [9.17, 15) is 9.90 Å². The first-order valence-electron chi connectivity index (χ1n) is 6.38. The molecule has 0 amide bonds. The molecule has 3 atom stereocenters. The second-order valence-corrected chi connectivity index (χ2v) is 5.36. The van der Waals surface area contributed by atoms with Crippen LogP contribution in [0.1, 0.15) is 26.2 Å². The van der Waals surface area contributed by atoms with Gasteiger partial charge in [-0.05, 0) is 26.2 Å². The van der Waals surface area contributed by atoms with Crippen molar-refractivity contribution in [2.24, 2.45) is 5.41 Å². The van der Waals surface area contributed by atoms with Gasteiger partial charge in [-0.3, -0.25) is 4.79 Å². The van der Waals surface area contributed by atoms with Crippen LogP contribution in [0.25, 0.3) is 0 Å². The average molecular weight is 241 g/mol. The number of fused-ring (bicyclic) bond motifs is 2. The van der Waals surface area contributed by atoms with Crippen LogP contribution in [0.5, 0.6) is 0 Å². The first kappa shape index (κ1) is 11.4. The number of nitrogens with one attached hydrogen (secondary N) is 1. The fourth-order valence-corrected chi connectivity index (χ4v) is 3.54. The second kappa shape index (κ2) is 3.67. The molecular weight excluding hydrogens is 222 g/mol. The van der Waals surface area contributed by atoms with Crippen LogP contribution in [-0.4, -0.2) is 48.6 Å². The summed E-state index contributed by atoms with van der Waals surface area (Å²) in [4.78, 5) is 12.3. The van der Waals surface area contributed by atoms with Gasteiger partial charge in [-0.1, -0.05) is 0 Å². The van der Waals surface area contributed by atoms with Gasteiger partial charge in [0.15, 0.2) is 0 Å². The highest BCUT2D eigenvalue weighted by Gasteiger charge is 2.69. The fourth-order valence-electron chi connectivity index (χ4n) is 3.54. The highest BCUT2D eigenvalue weighted by Crippen LogP contribution is 2.55. The summed E-state index contributed by atoms with van der Waals surface area (Å²) in [7, 11) is 0. The van der Waals surface area contributed by atoms with Gasteiger partial charge in [0.05, 0.1) is 18.8 Å². The molecular formula is C12H19NO4. The van der Waals surface area contributed by atoms with Gasteiger partial charge in [0.1, 0.15) is 11.0 Å². The van der Waals surface area contributed by atoms with E-state index in [1.807, 2.05) is 0 Å². The normalized spacial score (nSPS) is 42.2. The third kappa shape index (κ3) is 1.33. The Morgan fingerprint density at radius 2 is 2.29 bits per heavy atom. The van der Waals surface area contributed by atoms with Crippen molar-refractivity contribution in [3.05, 3.63) is 0 Å². The molecule has 5 heteroatoms. The molecule has 5 nitrogen and oxygen atoms in total. The van der Waals surface area contributed by atoms with Crippen LogP contribution in [0.3, 0.4) is 0 Å². The van der Waals surface area contributed by atoms with Gasteiger partial charge in [-0.2, -0.15) is 0 Å². The zero-order valence-electron chi connectivity index (χ0n) is 10.1. The van der Waals surface area contributed by atoms with Crippen LogP contribution in [0.2, 0.25) is 0 Å². The first-order chi connectivity index (χ1) is 8.12. The zero-order chi connectivity index (χ0) is 12.1. The monoisotopic (exact) mass is 241 g/mol. The number of aliphatic hydroxyl groups is 1. The highest BCUT2D eigenvalue weighted by atomic mass is 16.6. The Hall–Kier alpha value is -0.650. The van der Waals surface area contributed by atoms with E-state index >= 15 is 0 Å². The number of carbonyl (C=O) groups excluding carboxylic acids is 1. The minimum absolute atomic E-state index is 0.119. The Morgan fingerprint density at radius 3 is 2.71 bits per heavy atom. The van der Waals surface area contributed by atoms with E-state index in [4.69, 9.17) is 9.47 Å². The Balaban J connectivity index is 1.93. The standard InChI is InChI=1S/C12H19NO4/c1-2-16-10(14)12(11(15)6-13-7-11)5-8-3-4-9(12)17-8/h8-9,13,15H,2-7H2,1H3. The number of rotatable bonds is 3. The Bertz CT molecular complexity index is 341. The van der Waals surface area contributed by atoms with Gasteiger partial charge in [-0.15, -0.1) is 0 Å². The summed E-state index contributed by atoms with van der Waals surface area (Å²) in [6.07, 6.45) is 2.41. The summed E-state index contributed by atoms with van der Waals surface area (Å²) >= 11 is 0. The topological polar surface area (TPSA) is 67.8 Å². The van der Waals surface area contributed by atoms with Gasteiger partial charge in [0.25, 0.3) is 0 Å². The lowest BCUT2D eigenvalue weighted by Gasteiger charge is -2.51. The molecule has 3 heterocycles. The lowest BCUT2D eigenvalue weighted by Crippen LogP contribution is -2.73. The van der Waals surface area contributed by atoms with Gasteiger partial charge < -0.3 is 19.9 Å². The Morgan fingerprint density at radius 1 is 1.53 bits per heavy atom. The largest absolute Gasteiger partial charge is 0.465 e. The molecule has 0 aromatic rings. The molecule has 3 saturated heterocycles. The van der Waals surface area contributed by atoms with Crippen LogP contribution in [0.4, 0.5) is 0 Å². The highest BCUT2D eigenvalue weighted by molar-refractivity contribution is 5.80. The quantitative estimate of drug-likeness (QED) is 0.671. The van der Waals surface area contributed by atoms with Crippen molar-refractivity contribution >= 4 is 5.97 Å². The number of hydrogen-bond donors (Lipinski definition) is 2. The molecule has 0 spiro atoms. The average Bonchev–Trinajstić information content (AvgIpc) is 2.86. The van der Waals surface area contributed by atoms with Crippen molar-refractivity contribution in [3.63, 3.8) is 0 Å². The number of carbonyl (C=O) groups is 1. The molecule has 0 aromatic heterocycles. The van der Waals surface area contributed by atoms with Crippen molar-refractivity contribution in [1.29, 1.82) is 0 Å². The smallest absolute Gasteiger partial charge is 0.317 e. The number of β-amino-alcohol motifs (C(OH)–C–C–N with tert-alkyl or cyclic N) is 1. The molecule has 0 aromatic carbocycles. The summed E-state index contributed by atoms with van der Waals surface area (Å²) < 4.78 is 11.0. The van der Waals surface area contributed by atoms with E-state index in [0.717, 1.165) is 12.8 Å². The summed E-state index contributed by atoms with van der Waals surface area (Å²) in [6.45, 7) is 3.06. The minimum Gasteiger partial charge on any atom is -0.465 e. The van der Waals surface area contributed by atoms with E-state index in [2.05, 4.69) is 5.32 Å². The summed E-state index contributed by atoms with van der Waals surface area (Å²) in [6, 6.07) is 0. The SMILES string of the molecule is CCOC(=O)C1(C2(O)CNC2)CC2CCC1O2. The molecule has 3 aliphatic heterocycles. The minimum atomic E-state index is -0.987. The zero-order valence-corrected chi connectivity index (χ0v) is 10.1. The van der Waals surface area contributed by atoms with E-state index in [-0.39, 0.29) is 18.2 Å². The number of hydrogen-bond acceptors (Lipinski definition) is 5. The Labute approximate surface area is 100 Å². The van der Waals surface area contributed by atoms with E-state index in [1.54, 1.807) is 6.92 Å². The molecule has 3 rings (SSSR count). The maximum absolute atomic E-state index is 12.3. The molecule has 0 aliphatic carbocycles. The third-order valence-electron chi connectivity index (χ3n) is 4.51. The predicted octanol–water partition coefficient (Wildman–Crippen LogP) is -0.179. The van der Waals surface area contributed by atoms with Crippen LogP contribution in [0.15, 0.2) is 0 Å². The molecule has 2 bridgehead atoms. The van der Waals surface area contributed by atoms with Crippen molar-refractivity contribution in [3.8, 4) is 0 Å². The first-order valence-corrected chi connectivity index (χ1v) is 6.38. The maximum Gasteiger partial charge on any atom is 0.317 e. The summed E-state index contributed by atoms with van der Waals surface area (Å²) in [5, 5.41) is 13.7. The molecule has 3 unspecified atom stereocenters. The van der Waals surface area contributed by atoms with E-state index in [1.165, 1.54) is 0 Å². The van der Waals surface area contributed by atoms with Crippen LogP contribution in [0, 0.1) is 5.41 Å². The van der Waals surface area contributed by atoms with E-state index in [0.29, 0.717) is 26.1 Å². The third-order valence-corrected chi connectivity index (χ3v) is 4.51. The van der Waals surface area contributed by atoms with Crippen molar-refractivity contribution in [2.45, 2.75) is 44.0 Å². The van der Waals surface area contributed by atoms with Crippen LogP contribution >= 0.6 is 0 Å². The van der Waals surface area contributed by atoms with Crippen molar-refractivity contribution < 1.29 is 19.4 Å². The lowest BCUT2D eigenvalue weighted by molar-refractivity contribution is -0.193. The lowest BCUT2D eigenvalue weighted by atomic mass is 9.60. The fraction of sp³-hybridized carbons (Fsp3) is 0.917. The second-order valence-electron chi connectivity index (χ2n) is 5.36. The van der Waals surface area contributed by atoms with Crippen LogP contribution < -0.4 is 5.32 Å². The molecule has 3 fully saturated rings. The molecule has 17 heavy (non-hydrogen) atoms. The van der Waals surface area contributed by atoms with Crippen LogP contribution in [-0.2, 0) is 14.3 Å². The molecule has 2 N–H and O–H groups in total. The van der Waals surface area contributed by atoms with Gasteiger partial charge in [0.2, 0.25) is 0 Å². The van der Waals surface area contributed by atoms with Gasteiger partial charge in [-0.25, -0.2) is 0 Å². The van der Waals surface area contributed by atoms with Gasteiger partial charge in [0, 0.05) is 13.1 Å².